The number of nitrogens with zero attached hydrogens (tertiary/aromatic N) is 2. The average Bonchev–Trinajstić information content (AvgIpc) is 3.08. The molecular formula is C20H29N3O3S. The van der Waals surface area contributed by atoms with Crippen molar-refractivity contribution in [3.8, 4) is 0 Å². The molecule has 0 unspecified atom stereocenters. The topological polar surface area (TPSA) is 61.9 Å². The van der Waals surface area contributed by atoms with Gasteiger partial charge in [0.2, 0.25) is 5.91 Å². The first-order valence-electron chi connectivity index (χ1n) is 10.00. The van der Waals surface area contributed by atoms with Crippen molar-refractivity contribution in [1.82, 2.24) is 15.1 Å². The van der Waals surface area contributed by atoms with Gasteiger partial charge in [0.05, 0.1) is 6.10 Å². The summed E-state index contributed by atoms with van der Waals surface area (Å²) in [6, 6.07) is 2.45. The number of likely N-dealkylation sites (tertiary alicyclic amines) is 1. The average molecular weight is 392 g/mol. The molecule has 1 aromatic heterocycles. The van der Waals surface area contributed by atoms with E-state index in [2.05, 4.69) is 22.1 Å². The third-order valence-electron chi connectivity index (χ3n) is 6.41. The van der Waals surface area contributed by atoms with E-state index in [-0.39, 0.29) is 23.5 Å². The molecule has 2 atom stereocenters. The lowest BCUT2D eigenvalue weighted by Crippen LogP contribution is -2.47. The summed E-state index contributed by atoms with van der Waals surface area (Å²) in [4.78, 5) is 28.6. The monoisotopic (exact) mass is 391 g/mol. The normalized spacial score (nSPS) is 26.2. The van der Waals surface area contributed by atoms with Crippen molar-refractivity contribution in [2.24, 2.45) is 5.41 Å². The first-order chi connectivity index (χ1) is 13.1. The van der Waals surface area contributed by atoms with Crippen LogP contribution >= 0.6 is 11.3 Å². The Morgan fingerprint density at radius 2 is 2.22 bits per heavy atom. The van der Waals surface area contributed by atoms with Crippen molar-refractivity contribution in [2.45, 2.75) is 57.7 Å². The van der Waals surface area contributed by atoms with Crippen molar-refractivity contribution < 1.29 is 14.3 Å². The minimum Gasteiger partial charge on any atom is -0.376 e. The summed E-state index contributed by atoms with van der Waals surface area (Å²) < 4.78 is 5.57. The Bertz CT molecular complexity index is 664. The third kappa shape index (κ3) is 4.14. The van der Waals surface area contributed by atoms with Gasteiger partial charge in [-0.2, -0.15) is 11.3 Å². The molecule has 1 spiro atoms. The molecule has 1 saturated carbocycles. The summed E-state index contributed by atoms with van der Waals surface area (Å²) in [7, 11) is 0. The van der Waals surface area contributed by atoms with Crippen LogP contribution in [0.15, 0.2) is 16.8 Å². The van der Waals surface area contributed by atoms with Crippen LogP contribution in [0.3, 0.4) is 0 Å². The Kier molecular flexibility index (Phi) is 5.41. The first kappa shape index (κ1) is 18.7. The second-order valence-electron chi connectivity index (χ2n) is 8.17. The lowest BCUT2D eigenvalue weighted by molar-refractivity contribution is -0.130. The van der Waals surface area contributed by atoms with E-state index in [4.69, 9.17) is 4.74 Å². The number of amides is 3. The molecule has 27 heavy (non-hydrogen) atoms. The quantitative estimate of drug-likeness (QED) is 0.840. The Balaban J connectivity index is 1.27. The maximum atomic E-state index is 12.4. The van der Waals surface area contributed by atoms with Gasteiger partial charge in [-0.25, -0.2) is 4.79 Å². The highest BCUT2D eigenvalue weighted by molar-refractivity contribution is 7.07. The molecule has 1 N–H and O–H groups in total. The fourth-order valence-electron chi connectivity index (χ4n) is 4.60. The largest absolute Gasteiger partial charge is 0.376 e. The zero-order valence-corrected chi connectivity index (χ0v) is 16.8. The summed E-state index contributed by atoms with van der Waals surface area (Å²) in [5, 5.41) is 7.20. The molecule has 0 bridgehead atoms. The molecular weight excluding hydrogens is 362 g/mol. The molecule has 148 valence electrons. The molecule has 4 rings (SSSR count). The van der Waals surface area contributed by atoms with E-state index in [0.717, 1.165) is 51.8 Å². The van der Waals surface area contributed by atoms with Crippen molar-refractivity contribution >= 4 is 23.3 Å². The molecule has 0 radical (unpaired) electrons. The highest BCUT2D eigenvalue weighted by Crippen LogP contribution is 2.57. The Labute approximate surface area is 164 Å². The van der Waals surface area contributed by atoms with Crippen LogP contribution in [0.2, 0.25) is 0 Å². The highest BCUT2D eigenvalue weighted by atomic mass is 32.1. The fraction of sp³-hybridized carbons (Fsp3) is 0.700. The van der Waals surface area contributed by atoms with E-state index in [1.807, 2.05) is 9.80 Å². The SMILES string of the molecule is CC(=O)N(Cc1ccsc1)[C@@H]1CC12CCN(C(=O)NC[C@@H]1CCCO1)CC2. The number of piperidine rings is 1. The van der Waals surface area contributed by atoms with E-state index in [0.29, 0.717) is 19.1 Å². The molecule has 0 aromatic carbocycles. The molecule has 3 fully saturated rings. The highest BCUT2D eigenvalue weighted by Gasteiger charge is 2.58. The zero-order valence-electron chi connectivity index (χ0n) is 16.0. The predicted molar refractivity (Wildman–Crippen MR) is 105 cm³/mol. The molecule has 3 aliphatic rings. The van der Waals surface area contributed by atoms with Gasteiger partial charge >= 0.3 is 6.03 Å². The number of rotatable bonds is 5. The van der Waals surface area contributed by atoms with E-state index >= 15 is 0 Å². The number of ether oxygens (including phenoxy) is 1. The summed E-state index contributed by atoms with van der Waals surface area (Å²) >= 11 is 1.67. The van der Waals surface area contributed by atoms with Gasteiger partial charge in [-0.3, -0.25) is 4.79 Å². The van der Waals surface area contributed by atoms with Gasteiger partial charge in [0.1, 0.15) is 0 Å². The molecule has 7 heteroatoms. The van der Waals surface area contributed by atoms with Gasteiger partial charge < -0.3 is 19.9 Å². The van der Waals surface area contributed by atoms with E-state index < -0.39 is 0 Å². The number of thiophene rings is 1. The van der Waals surface area contributed by atoms with Crippen molar-refractivity contribution in [3.05, 3.63) is 22.4 Å². The molecule has 2 saturated heterocycles. The van der Waals surface area contributed by atoms with Gasteiger partial charge in [-0.15, -0.1) is 0 Å². The molecule has 6 nitrogen and oxygen atoms in total. The number of carbonyl (C=O) groups is 2. The van der Waals surface area contributed by atoms with Gasteiger partial charge in [-0.05, 0) is 59.9 Å². The lowest BCUT2D eigenvalue weighted by Gasteiger charge is -2.35. The number of urea groups is 1. The zero-order chi connectivity index (χ0) is 18.9. The van der Waals surface area contributed by atoms with Crippen LogP contribution < -0.4 is 5.32 Å². The number of hydrogen-bond donors (Lipinski definition) is 1. The molecule has 3 amide bonds. The maximum Gasteiger partial charge on any atom is 0.317 e. The number of carbonyl (C=O) groups excluding carboxylic acids is 2. The van der Waals surface area contributed by atoms with Crippen LogP contribution in [0.1, 0.15) is 44.6 Å². The molecule has 2 aliphatic heterocycles. The fourth-order valence-corrected chi connectivity index (χ4v) is 5.26. The Hall–Kier alpha value is -1.60. The number of nitrogens with one attached hydrogen (secondary N) is 1. The van der Waals surface area contributed by atoms with Crippen molar-refractivity contribution in [3.63, 3.8) is 0 Å². The first-order valence-corrected chi connectivity index (χ1v) is 10.9. The molecule has 3 heterocycles. The smallest absolute Gasteiger partial charge is 0.317 e. The van der Waals surface area contributed by atoms with Crippen molar-refractivity contribution in [1.29, 1.82) is 0 Å². The van der Waals surface area contributed by atoms with Crippen LogP contribution in [-0.4, -0.2) is 60.1 Å². The van der Waals surface area contributed by atoms with Gasteiger partial charge in [-0.1, -0.05) is 0 Å². The van der Waals surface area contributed by atoms with E-state index in [1.165, 1.54) is 5.56 Å². The second-order valence-corrected chi connectivity index (χ2v) is 8.95. The maximum absolute atomic E-state index is 12.4. The van der Waals surface area contributed by atoms with Crippen LogP contribution in [0, 0.1) is 5.41 Å². The van der Waals surface area contributed by atoms with Crippen LogP contribution in [0.25, 0.3) is 0 Å². The Morgan fingerprint density at radius 3 is 2.85 bits per heavy atom. The molecule has 1 aliphatic carbocycles. The summed E-state index contributed by atoms with van der Waals surface area (Å²) in [6.45, 7) is 5.35. The minimum atomic E-state index is 0.0271. The van der Waals surface area contributed by atoms with Crippen LogP contribution in [0.4, 0.5) is 4.79 Å². The summed E-state index contributed by atoms with van der Waals surface area (Å²) in [5.74, 6) is 0.153. The standard InChI is InChI=1S/C20H29N3O3S/c1-15(24)23(13-16-4-10-27-14-16)18-11-20(18)5-7-22(8-6-20)19(25)21-12-17-3-2-9-26-17/h4,10,14,17-18H,2-3,5-9,11-13H2,1H3,(H,21,25)/t17-,18+/m0/s1. The van der Waals surface area contributed by atoms with Crippen LogP contribution in [0.5, 0.6) is 0 Å². The number of hydrogen-bond acceptors (Lipinski definition) is 4. The van der Waals surface area contributed by atoms with Gasteiger partial charge in [0, 0.05) is 45.8 Å². The van der Waals surface area contributed by atoms with Crippen LogP contribution in [-0.2, 0) is 16.1 Å². The van der Waals surface area contributed by atoms with Gasteiger partial charge in [0.15, 0.2) is 0 Å². The summed E-state index contributed by atoms with van der Waals surface area (Å²) in [6.07, 6.45) is 5.35. The second kappa shape index (κ2) is 7.80. The van der Waals surface area contributed by atoms with E-state index in [9.17, 15) is 9.59 Å². The minimum absolute atomic E-state index is 0.0271. The summed E-state index contributed by atoms with van der Waals surface area (Å²) in [5.41, 5.74) is 1.43. The molecule has 1 aromatic rings. The van der Waals surface area contributed by atoms with E-state index in [1.54, 1.807) is 18.3 Å². The third-order valence-corrected chi connectivity index (χ3v) is 7.14. The predicted octanol–water partition coefficient (Wildman–Crippen LogP) is 2.84. The van der Waals surface area contributed by atoms with Gasteiger partial charge in [0.25, 0.3) is 0 Å². The Morgan fingerprint density at radius 1 is 1.41 bits per heavy atom. The van der Waals surface area contributed by atoms with Crippen molar-refractivity contribution in [2.75, 3.05) is 26.2 Å². The lowest BCUT2D eigenvalue weighted by atomic mass is 9.92.